The van der Waals surface area contributed by atoms with Crippen molar-refractivity contribution in [1.29, 1.82) is 0 Å². The fraction of sp³-hybridized carbons (Fsp3) is 0.296. The molecule has 1 heteroatoms. The van der Waals surface area contributed by atoms with E-state index in [4.69, 9.17) is 0 Å². The molecule has 0 bridgehead atoms. The first-order chi connectivity index (χ1) is 13.1. The predicted molar refractivity (Wildman–Crippen MR) is 119 cm³/mol. The lowest BCUT2D eigenvalue weighted by molar-refractivity contribution is 0.103. The average Bonchev–Trinajstić information content (AvgIpc) is 2.68. The third-order valence-corrected chi connectivity index (χ3v) is 4.55. The smallest absolute Gasteiger partial charge is 0.193 e. The third-order valence-electron chi connectivity index (χ3n) is 4.55. The summed E-state index contributed by atoms with van der Waals surface area (Å²) in [5.74, 6) is 0.0752. The van der Waals surface area contributed by atoms with Gasteiger partial charge < -0.3 is 0 Å². The van der Waals surface area contributed by atoms with Crippen LogP contribution in [0.1, 0.15) is 68.6 Å². The second kappa shape index (κ2) is 9.01. The van der Waals surface area contributed by atoms with Gasteiger partial charge in [-0.15, -0.1) is 0 Å². The number of hydrogen-bond acceptors (Lipinski definition) is 1. The van der Waals surface area contributed by atoms with Gasteiger partial charge in [-0.2, -0.15) is 0 Å². The van der Waals surface area contributed by atoms with Gasteiger partial charge in [0.25, 0.3) is 0 Å². The van der Waals surface area contributed by atoms with E-state index in [1.165, 1.54) is 11.1 Å². The number of benzene rings is 3. The molecule has 0 heterocycles. The molecule has 1 nitrogen and oxygen atoms in total. The largest absolute Gasteiger partial charge is 0.289 e. The minimum atomic E-state index is 0.0752. The lowest BCUT2D eigenvalue weighted by Crippen LogP contribution is -2.15. The number of rotatable bonds is 2. The first-order valence-electron chi connectivity index (χ1n) is 9.76. The zero-order chi connectivity index (χ0) is 20.8. The van der Waals surface area contributed by atoms with Crippen LogP contribution in [0.4, 0.5) is 0 Å². The Morgan fingerprint density at radius 1 is 0.679 bits per heavy atom. The summed E-state index contributed by atoms with van der Waals surface area (Å²) in [6.07, 6.45) is 0. The van der Waals surface area contributed by atoms with Gasteiger partial charge in [0.15, 0.2) is 5.78 Å². The van der Waals surface area contributed by atoms with E-state index in [0.29, 0.717) is 0 Å². The van der Waals surface area contributed by atoms with Gasteiger partial charge >= 0.3 is 0 Å². The minimum Gasteiger partial charge on any atom is -0.289 e. The molecule has 0 aliphatic heterocycles. The fourth-order valence-corrected chi connectivity index (χ4v) is 2.71. The van der Waals surface area contributed by atoms with Crippen LogP contribution in [-0.2, 0) is 10.8 Å². The van der Waals surface area contributed by atoms with Crippen molar-refractivity contribution in [3.8, 4) is 0 Å². The van der Waals surface area contributed by atoms with Crippen molar-refractivity contribution in [3.05, 3.63) is 107 Å². The van der Waals surface area contributed by atoms with Crippen LogP contribution in [0.25, 0.3) is 0 Å². The molecule has 0 aliphatic rings. The molecule has 1 radical (unpaired) electrons. The highest BCUT2D eigenvalue weighted by molar-refractivity contribution is 6.08. The lowest BCUT2D eigenvalue weighted by atomic mass is 9.81. The Labute approximate surface area is 170 Å². The number of carbonyl (C=O) groups is 1. The van der Waals surface area contributed by atoms with E-state index < -0.39 is 0 Å². The molecule has 0 N–H and O–H groups in total. The van der Waals surface area contributed by atoms with Gasteiger partial charge in [0.1, 0.15) is 0 Å². The fourth-order valence-electron chi connectivity index (χ4n) is 2.71. The molecule has 0 saturated carbocycles. The zero-order valence-electron chi connectivity index (χ0n) is 17.9. The summed E-state index contributed by atoms with van der Waals surface area (Å²) in [5.41, 5.74) is 4.58. The number of hydrogen-bond donors (Lipinski definition) is 0. The Bertz CT molecular complexity index is 808. The van der Waals surface area contributed by atoms with E-state index in [0.717, 1.165) is 11.1 Å². The van der Waals surface area contributed by atoms with Crippen molar-refractivity contribution in [3.63, 3.8) is 0 Å². The molecule has 0 aliphatic carbocycles. The standard InChI is InChI=1S/C14H21.C13H10O/c1-13(2,3)11-8-7-9-12(10-11)14(4,5)6;14-13(11-7-3-1-4-8-11)12-9-5-2-6-10-12/h7-8,10H,1-6H3;1-10H. The topological polar surface area (TPSA) is 17.1 Å². The quantitative estimate of drug-likeness (QED) is 0.443. The van der Waals surface area contributed by atoms with Crippen molar-refractivity contribution in [2.75, 3.05) is 0 Å². The van der Waals surface area contributed by atoms with Gasteiger partial charge in [-0.25, -0.2) is 0 Å². The number of ketones is 1. The van der Waals surface area contributed by atoms with Gasteiger partial charge in [0, 0.05) is 11.1 Å². The maximum atomic E-state index is 11.8. The molecular formula is C27H31O. The van der Waals surface area contributed by atoms with E-state index in [-0.39, 0.29) is 16.6 Å². The lowest BCUT2D eigenvalue weighted by Gasteiger charge is -2.24. The van der Waals surface area contributed by atoms with Gasteiger partial charge in [0.05, 0.1) is 0 Å². The molecule has 3 aromatic carbocycles. The summed E-state index contributed by atoms with van der Waals surface area (Å²) < 4.78 is 0. The Kier molecular flexibility index (Phi) is 6.96. The van der Waals surface area contributed by atoms with Crippen LogP contribution in [0.3, 0.4) is 0 Å². The average molecular weight is 372 g/mol. The maximum absolute atomic E-state index is 11.8. The molecule has 0 unspecified atom stereocenters. The van der Waals surface area contributed by atoms with Gasteiger partial charge in [0.2, 0.25) is 0 Å². The summed E-state index contributed by atoms with van der Waals surface area (Å²) in [4.78, 5) is 11.8. The highest BCUT2D eigenvalue weighted by Crippen LogP contribution is 2.28. The predicted octanol–water partition coefficient (Wildman–Crippen LogP) is 7.00. The van der Waals surface area contributed by atoms with Crippen LogP contribution >= 0.6 is 0 Å². The first kappa shape index (κ1) is 21.6. The van der Waals surface area contributed by atoms with Crippen molar-refractivity contribution >= 4 is 5.78 Å². The second-order valence-electron chi connectivity index (χ2n) is 9.05. The van der Waals surface area contributed by atoms with Crippen molar-refractivity contribution in [2.45, 2.75) is 52.4 Å². The highest BCUT2D eigenvalue weighted by Gasteiger charge is 2.18. The Morgan fingerprint density at radius 2 is 1.14 bits per heavy atom. The monoisotopic (exact) mass is 371 g/mol. The highest BCUT2D eigenvalue weighted by atomic mass is 16.1. The molecule has 3 aromatic rings. The van der Waals surface area contributed by atoms with Crippen LogP contribution in [0.5, 0.6) is 0 Å². The molecule has 28 heavy (non-hydrogen) atoms. The van der Waals surface area contributed by atoms with Crippen LogP contribution in [0, 0.1) is 6.07 Å². The molecule has 0 fully saturated rings. The van der Waals surface area contributed by atoms with Crippen LogP contribution in [0.15, 0.2) is 78.9 Å². The van der Waals surface area contributed by atoms with Crippen molar-refractivity contribution in [1.82, 2.24) is 0 Å². The summed E-state index contributed by atoms with van der Waals surface area (Å²) in [6, 6.07) is 28.4. The van der Waals surface area contributed by atoms with Crippen molar-refractivity contribution < 1.29 is 4.79 Å². The van der Waals surface area contributed by atoms with E-state index in [1.807, 2.05) is 66.7 Å². The normalized spacial score (nSPS) is 11.4. The molecular weight excluding hydrogens is 340 g/mol. The summed E-state index contributed by atoms with van der Waals surface area (Å²) >= 11 is 0. The first-order valence-corrected chi connectivity index (χ1v) is 9.76. The summed E-state index contributed by atoms with van der Waals surface area (Å²) in [7, 11) is 0. The van der Waals surface area contributed by atoms with Crippen LogP contribution in [-0.4, -0.2) is 5.78 Å². The van der Waals surface area contributed by atoms with Gasteiger partial charge in [-0.1, -0.05) is 120 Å². The molecule has 0 saturated heterocycles. The third kappa shape index (κ3) is 6.20. The second-order valence-corrected chi connectivity index (χ2v) is 9.05. The summed E-state index contributed by atoms with van der Waals surface area (Å²) in [6.45, 7) is 13.4. The Hall–Kier alpha value is -2.67. The number of carbonyl (C=O) groups excluding carboxylic acids is 1. The van der Waals surface area contributed by atoms with Crippen LogP contribution < -0.4 is 0 Å². The van der Waals surface area contributed by atoms with Crippen molar-refractivity contribution in [2.24, 2.45) is 0 Å². The molecule has 145 valence electrons. The van der Waals surface area contributed by atoms with Gasteiger partial charge in [-0.3, -0.25) is 4.79 Å². The SMILES string of the molecule is CC(C)(C)c1[c]ccc(C(C)(C)C)c1.O=C(c1ccccc1)c1ccccc1. The maximum Gasteiger partial charge on any atom is 0.193 e. The Morgan fingerprint density at radius 3 is 1.54 bits per heavy atom. The Balaban J connectivity index is 0.000000200. The zero-order valence-corrected chi connectivity index (χ0v) is 17.9. The van der Waals surface area contributed by atoms with E-state index in [2.05, 4.69) is 59.7 Å². The van der Waals surface area contributed by atoms with E-state index in [9.17, 15) is 4.79 Å². The summed E-state index contributed by atoms with van der Waals surface area (Å²) in [5, 5.41) is 0. The van der Waals surface area contributed by atoms with E-state index >= 15 is 0 Å². The molecule has 0 spiro atoms. The molecule has 3 rings (SSSR count). The van der Waals surface area contributed by atoms with Crippen LogP contribution in [0.2, 0.25) is 0 Å². The molecule has 0 aromatic heterocycles. The molecule has 0 atom stereocenters. The molecule has 0 amide bonds. The van der Waals surface area contributed by atoms with E-state index in [1.54, 1.807) is 0 Å². The minimum absolute atomic E-state index is 0.0752. The van der Waals surface area contributed by atoms with Gasteiger partial charge in [-0.05, 0) is 28.0 Å².